The molecular weight excluding hydrogens is 164 g/mol. The number of hydrogen-bond acceptors (Lipinski definition) is 2. The van der Waals surface area contributed by atoms with Crippen LogP contribution in [0.3, 0.4) is 0 Å². The van der Waals surface area contributed by atoms with E-state index >= 15 is 0 Å². The van der Waals surface area contributed by atoms with E-state index in [1.54, 1.807) is 7.11 Å². The molecule has 0 radical (unpaired) electrons. The minimum Gasteiger partial charge on any atom is -0.387 e. The molecule has 2 nitrogen and oxygen atoms in total. The van der Waals surface area contributed by atoms with Gasteiger partial charge in [0, 0.05) is 7.11 Å². The van der Waals surface area contributed by atoms with Gasteiger partial charge in [0.25, 0.3) is 0 Å². The molecule has 0 fully saturated rings. The van der Waals surface area contributed by atoms with E-state index in [1.807, 2.05) is 13.8 Å². The van der Waals surface area contributed by atoms with Gasteiger partial charge in [0.15, 0.2) is 0 Å². The Morgan fingerprint density at radius 1 is 1.31 bits per heavy atom. The lowest BCUT2D eigenvalue weighted by atomic mass is 9.82. The van der Waals surface area contributed by atoms with Gasteiger partial charge in [-0.25, -0.2) is 0 Å². The Bertz CT molecular complexity index is 134. The molecule has 0 spiro atoms. The zero-order valence-electron chi connectivity index (χ0n) is 9.63. The molecule has 0 bridgehead atoms. The highest BCUT2D eigenvalue weighted by Crippen LogP contribution is 2.26. The smallest absolute Gasteiger partial charge is 0.0905 e. The van der Waals surface area contributed by atoms with Crippen molar-refractivity contribution < 1.29 is 9.84 Å². The van der Waals surface area contributed by atoms with Crippen LogP contribution in [0.4, 0.5) is 0 Å². The van der Waals surface area contributed by atoms with Gasteiger partial charge in [-0.3, -0.25) is 0 Å². The summed E-state index contributed by atoms with van der Waals surface area (Å²) in [4.78, 5) is 0. The van der Waals surface area contributed by atoms with Crippen molar-refractivity contribution in [2.45, 2.75) is 46.1 Å². The average molecular weight is 188 g/mol. The van der Waals surface area contributed by atoms with Crippen LogP contribution in [0.15, 0.2) is 0 Å². The quantitative estimate of drug-likeness (QED) is 0.694. The topological polar surface area (TPSA) is 29.5 Å². The lowest BCUT2D eigenvalue weighted by molar-refractivity contribution is -0.0786. The number of aliphatic hydroxyl groups is 1. The van der Waals surface area contributed by atoms with Gasteiger partial charge in [-0.05, 0) is 18.3 Å². The second-order valence-corrected chi connectivity index (χ2v) is 4.41. The summed E-state index contributed by atoms with van der Waals surface area (Å²) in [6.07, 6.45) is 1.94. The number of rotatable bonds is 6. The van der Waals surface area contributed by atoms with Crippen molar-refractivity contribution >= 4 is 0 Å². The highest BCUT2D eigenvalue weighted by Gasteiger charge is 2.32. The maximum atomic E-state index is 10.3. The van der Waals surface area contributed by atoms with Gasteiger partial charge in [-0.15, -0.1) is 0 Å². The molecule has 13 heavy (non-hydrogen) atoms. The maximum absolute atomic E-state index is 10.3. The Morgan fingerprint density at radius 3 is 2.15 bits per heavy atom. The normalized spacial score (nSPS) is 18.7. The first kappa shape index (κ1) is 12.9. The molecule has 0 saturated carbocycles. The van der Waals surface area contributed by atoms with Crippen LogP contribution in [0.2, 0.25) is 0 Å². The summed E-state index contributed by atoms with van der Waals surface area (Å²) in [5.41, 5.74) is -0.649. The molecule has 0 aliphatic carbocycles. The van der Waals surface area contributed by atoms with E-state index in [1.165, 1.54) is 0 Å². The fourth-order valence-corrected chi connectivity index (χ4v) is 1.46. The molecular formula is C11H24O2. The fraction of sp³-hybridized carbons (Fsp3) is 1.00. The second kappa shape index (κ2) is 5.61. The van der Waals surface area contributed by atoms with E-state index in [4.69, 9.17) is 4.74 Å². The molecule has 0 rings (SSSR count). The number of methoxy groups -OCH3 is 1. The number of hydrogen-bond donors (Lipinski definition) is 1. The highest BCUT2D eigenvalue weighted by atomic mass is 16.5. The van der Waals surface area contributed by atoms with Crippen LogP contribution >= 0.6 is 0 Å². The fourth-order valence-electron chi connectivity index (χ4n) is 1.46. The Hall–Kier alpha value is -0.0800. The minimum absolute atomic E-state index is 0.251. The van der Waals surface area contributed by atoms with Gasteiger partial charge < -0.3 is 9.84 Å². The standard InChI is InChI=1S/C11H24O2/c1-6-10(4)7-11(12,8-13-5)9(2)3/h9-10,12H,6-8H2,1-5H3. The van der Waals surface area contributed by atoms with Gasteiger partial charge in [-0.1, -0.05) is 34.1 Å². The van der Waals surface area contributed by atoms with Crippen LogP contribution in [-0.4, -0.2) is 24.4 Å². The largest absolute Gasteiger partial charge is 0.387 e. The third kappa shape index (κ3) is 4.10. The Kier molecular flexibility index (Phi) is 5.57. The zero-order chi connectivity index (χ0) is 10.5. The zero-order valence-corrected chi connectivity index (χ0v) is 9.63. The van der Waals surface area contributed by atoms with Gasteiger partial charge >= 0.3 is 0 Å². The summed E-state index contributed by atoms with van der Waals surface area (Å²) in [5, 5.41) is 10.3. The molecule has 1 N–H and O–H groups in total. The van der Waals surface area contributed by atoms with Crippen molar-refractivity contribution in [3.8, 4) is 0 Å². The molecule has 2 unspecified atom stereocenters. The van der Waals surface area contributed by atoms with E-state index in [9.17, 15) is 5.11 Å². The first-order chi connectivity index (χ1) is 5.96. The van der Waals surface area contributed by atoms with Crippen LogP contribution < -0.4 is 0 Å². The summed E-state index contributed by atoms with van der Waals surface area (Å²) in [7, 11) is 1.64. The first-order valence-corrected chi connectivity index (χ1v) is 5.17. The third-order valence-electron chi connectivity index (χ3n) is 2.87. The van der Waals surface area contributed by atoms with Crippen molar-refractivity contribution in [2.75, 3.05) is 13.7 Å². The van der Waals surface area contributed by atoms with E-state index in [-0.39, 0.29) is 5.92 Å². The monoisotopic (exact) mass is 188 g/mol. The molecule has 0 aliphatic heterocycles. The SMILES string of the molecule is CCC(C)CC(O)(COC)C(C)C. The highest BCUT2D eigenvalue weighted by molar-refractivity contribution is 4.83. The van der Waals surface area contributed by atoms with Crippen LogP contribution in [0.25, 0.3) is 0 Å². The average Bonchev–Trinajstić information content (AvgIpc) is 2.04. The molecule has 0 aliphatic rings. The van der Waals surface area contributed by atoms with Crippen LogP contribution in [0.5, 0.6) is 0 Å². The van der Waals surface area contributed by atoms with Gasteiger partial charge in [0.05, 0.1) is 12.2 Å². The number of ether oxygens (including phenoxy) is 1. The van der Waals surface area contributed by atoms with Gasteiger partial charge in [0.1, 0.15) is 0 Å². The van der Waals surface area contributed by atoms with E-state index < -0.39 is 5.60 Å². The summed E-state index contributed by atoms with van der Waals surface area (Å²) >= 11 is 0. The second-order valence-electron chi connectivity index (χ2n) is 4.41. The molecule has 0 saturated heterocycles. The summed E-state index contributed by atoms with van der Waals surface area (Å²) in [5.74, 6) is 0.809. The Labute approximate surface area is 82.3 Å². The molecule has 80 valence electrons. The molecule has 0 aromatic rings. The lowest BCUT2D eigenvalue weighted by Crippen LogP contribution is -2.41. The molecule has 2 atom stereocenters. The van der Waals surface area contributed by atoms with Crippen molar-refractivity contribution in [1.29, 1.82) is 0 Å². The van der Waals surface area contributed by atoms with Gasteiger partial charge in [-0.2, -0.15) is 0 Å². The first-order valence-electron chi connectivity index (χ1n) is 5.17. The van der Waals surface area contributed by atoms with Crippen molar-refractivity contribution in [3.63, 3.8) is 0 Å². The maximum Gasteiger partial charge on any atom is 0.0905 e. The van der Waals surface area contributed by atoms with Gasteiger partial charge in [0.2, 0.25) is 0 Å². The van der Waals surface area contributed by atoms with Crippen molar-refractivity contribution in [1.82, 2.24) is 0 Å². The summed E-state index contributed by atoms with van der Waals surface area (Å²) in [6.45, 7) is 8.85. The lowest BCUT2D eigenvalue weighted by Gasteiger charge is -2.33. The Morgan fingerprint density at radius 2 is 1.85 bits per heavy atom. The van der Waals surface area contributed by atoms with E-state index in [0.717, 1.165) is 12.8 Å². The van der Waals surface area contributed by atoms with Crippen LogP contribution in [-0.2, 0) is 4.74 Å². The molecule has 0 amide bonds. The van der Waals surface area contributed by atoms with E-state index in [0.29, 0.717) is 12.5 Å². The van der Waals surface area contributed by atoms with Crippen LogP contribution in [0, 0.1) is 11.8 Å². The van der Waals surface area contributed by atoms with Crippen molar-refractivity contribution in [2.24, 2.45) is 11.8 Å². The summed E-state index contributed by atoms with van der Waals surface area (Å²) in [6, 6.07) is 0. The third-order valence-corrected chi connectivity index (χ3v) is 2.87. The molecule has 0 aromatic heterocycles. The Balaban J connectivity index is 4.23. The van der Waals surface area contributed by atoms with E-state index in [2.05, 4.69) is 13.8 Å². The minimum atomic E-state index is -0.649. The van der Waals surface area contributed by atoms with Crippen molar-refractivity contribution in [3.05, 3.63) is 0 Å². The van der Waals surface area contributed by atoms with Crippen LogP contribution in [0.1, 0.15) is 40.5 Å². The molecule has 0 aromatic carbocycles. The predicted molar refractivity (Wildman–Crippen MR) is 55.7 cm³/mol. The molecule has 0 heterocycles. The summed E-state index contributed by atoms with van der Waals surface area (Å²) < 4.78 is 5.06. The molecule has 2 heteroatoms. The predicted octanol–water partition coefficient (Wildman–Crippen LogP) is 2.46.